The topological polar surface area (TPSA) is 63.0 Å². The third kappa shape index (κ3) is 4.67. The molecule has 1 aromatic carbocycles. The Morgan fingerprint density at radius 2 is 1.96 bits per heavy atom. The smallest absolute Gasteiger partial charge is 0.375 e. The summed E-state index contributed by atoms with van der Waals surface area (Å²) < 4.78 is 24.0. The SMILES string of the molecule is Cc1ccoc1C(=O)OCC(=O)N1CCN(Cc2c(F)cccc2Cl)CC1. The maximum absolute atomic E-state index is 13.9. The van der Waals surface area contributed by atoms with Gasteiger partial charge in [-0.25, -0.2) is 9.18 Å². The number of nitrogens with zero attached hydrogens (tertiary/aromatic N) is 2. The molecule has 3 rings (SSSR count). The summed E-state index contributed by atoms with van der Waals surface area (Å²) in [5.74, 6) is -1.15. The fraction of sp³-hybridized carbons (Fsp3) is 0.368. The van der Waals surface area contributed by atoms with Crippen molar-refractivity contribution in [2.45, 2.75) is 13.5 Å². The maximum Gasteiger partial charge on any atom is 0.375 e. The molecule has 1 saturated heterocycles. The number of halogens is 2. The van der Waals surface area contributed by atoms with Crippen molar-refractivity contribution in [2.24, 2.45) is 0 Å². The van der Waals surface area contributed by atoms with Crippen molar-refractivity contribution < 1.29 is 23.1 Å². The number of rotatable bonds is 5. The Morgan fingerprint density at radius 3 is 2.59 bits per heavy atom. The summed E-state index contributed by atoms with van der Waals surface area (Å²) in [4.78, 5) is 27.8. The summed E-state index contributed by atoms with van der Waals surface area (Å²) >= 11 is 6.06. The molecule has 1 aromatic heterocycles. The molecule has 0 saturated carbocycles. The predicted molar refractivity (Wildman–Crippen MR) is 97.0 cm³/mol. The number of ether oxygens (including phenoxy) is 1. The van der Waals surface area contributed by atoms with Crippen molar-refractivity contribution in [1.29, 1.82) is 0 Å². The van der Waals surface area contributed by atoms with Crippen LogP contribution in [-0.2, 0) is 16.1 Å². The number of aryl methyl sites for hydroxylation is 1. The minimum Gasteiger partial charge on any atom is -0.457 e. The first-order valence-electron chi connectivity index (χ1n) is 8.60. The molecule has 27 heavy (non-hydrogen) atoms. The molecule has 0 unspecified atom stereocenters. The molecule has 6 nitrogen and oxygen atoms in total. The molecule has 2 aromatic rings. The van der Waals surface area contributed by atoms with Crippen molar-refractivity contribution in [3.63, 3.8) is 0 Å². The summed E-state index contributed by atoms with van der Waals surface area (Å²) in [5, 5.41) is 0.397. The van der Waals surface area contributed by atoms with Gasteiger partial charge in [0.15, 0.2) is 6.61 Å². The number of amides is 1. The molecule has 0 radical (unpaired) electrons. The van der Waals surface area contributed by atoms with E-state index in [9.17, 15) is 14.0 Å². The zero-order chi connectivity index (χ0) is 19.4. The van der Waals surface area contributed by atoms with Gasteiger partial charge >= 0.3 is 5.97 Å². The van der Waals surface area contributed by atoms with Gasteiger partial charge in [-0.3, -0.25) is 9.69 Å². The lowest BCUT2D eigenvalue weighted by atomic mass is 10.2. The Bertz CT molecular complexity index is 811. The highest BCUT2D eigenvalue weighted by molar-refractivity contribution is 6.31. The van der Waals surface area contributed by atoms with Gasteiger partial charge in [-0.05, 0) is 25.1 Å². The van der Waals surface area contributed by atoms with E-state index >= 15 is 0 Å². The first kappa shape index (κ1) is 19.4. The fourth-order valence-corrected chi connectivity index (χ4v) is 3.15. The van der Waals surface area contributed by atoms with Crippen LogP contribution in [0.1, 0.15) is 21.7 Å². The van der Waals surface area contributed by atoms with Crippen molar-refractivity contribution in [3.8, 4) is 0 Å². The second-order valence-corrected chi connectivity index (χ2v) is 6.77. The van der Waals surface area contributed by atoms with E-state index in [1.165, 1.54) is 12.3 Å². The minimum atomic E-state index is -0.654. The van der Waals surface area contributed by atoms with E-state index in [0.717, 1.165) is 0 Å². The van der Waals surface area contributed by atoms with Crippen LogP contribution in [0, 0.1) is 12.7 Å². The van der Waals surface area contributed by atoms with Gasteiger partial charge in [0.2, 0.25) is 5.76 Å². The van der Waals surface area contributed by atoms with Crippen LogP contribution in [0.5, 0.6) is 0 Å². The number of hydrogen-bond donors (Lipinski definition) is 0. The van der Waals surface area contributed by atoms with E-state index < -0.39 is 5.97 Å². The van der Waals surface area contributed by atoms with Crippen molar-refractivity contribution in [3.05, 3.63) is 58.3 Å². The van der Waals surface area contributed by atoms with Crippen LogP contribution in [0.25, 0.3) is 0 Å². The quantitative estimate of drug-likeness (QED) is 0.730. The highest BCUT2D eigenvalue weighted by Gasteiger charge is 2.24. The summed E-state index contributed by atoms with van der Waals surface area (Å²) in [5.41, 5.74) is 1.12. The Balaban J connectivity index is 1.47. The number of piperazine rings is 1. The first-order valence-corrected chi connectivity index (χ1v) is 8.97. The third-order valence-corrected chi connectivity index (χ3v) is 4.90. The first-order chi connectivity index (χ1) is 13.0. The van der Waals surface area contributed by atoms with Gasteiger partial charge in [-0.15, -0.1) is 0 Å². The standard InChI is InChI=1S/C19H20ClFN2O4/c1-13-5-10-26-18(13)19(25)27-12-17(24)23-8-6-22(7-9-23)11-14-15(20)3-2-4-16(14)21/h2-5,10H,6-9,11-12H2,1H3. The average molecular weight is 395 g/mol. The molecule has 8 heteroatoms. The molecular weight excluding hydrogens is 375 g/mol. The molecule has 1 fully saturated rings. The zero-order valence-corrected chi connectivity index (χ0v) is 15.7. The highest BCUT2D eigenvalue weighted by atomic mass is 35.5. The van der Waals surface area contributed by atoms with Crippen LogP contribution in [-0.4, -0.2) is 54.5 Å². The molecule has 144 valence electrons. The monoisotopic (exact) mass is 394 g/mol. The van der Waals surface area contributed by atoms with Crippen LogP contribution < -0.4 is 0 Å². The molecule has 0 bridgehead atoms. The highest BCUT2D eigenvalue weighted by Crippen LogP contribution is 2.21. The van der Waals surface area contributed by atoms with Crippen molar-refractivity contribution in [2.75, 3.05) is 32.8 Å². The molecule has 0 N–H and O–H groups in total. The third-order valence-electron chi connectivity index (χ3n) is 4.54. The van der Waals surface area contributed by atoms with Gasteiger partial charge in [-0.1, -0.05) is 17.7 Å². The van der Waals surface area contributed by atoms with Crippen LogP contribution in [0.4, 0.5) is 4.39 Å². The van der Waals surface area contributed by atoms with Gasteiger partial charge in [0, 0.05) is 48.9 Å². The summed E-state index contributed by atoms with van der Waals surface area (Å²) in [6.07, 6.45) is 1.40. The number of benzene rings is 1. The Morgan fingerprint density at radius 1 is 1.22 bits per heavy atom. The Hall–Kier alpha value is -2.38. The second kappa shape index (κ2) is 8.54. The van der Waals surface area contributed by atoms with Gasteiger partial charge in [-0.2, -0.15) is 0 Å². The number of carbonyl (C=O) groups is 2. The average Bonchev–Trinajstić information content (AvgIpc) is 3.09. The van der Waals surface area contributed by atoms with Crippen LogP contribution >= 0.6 is 11.6 Å². The van der Waals surface area contributed by atoms with E-state index in [1.807, 2.05) is 4.90 Å². The van der Waals surface area contributed by atoms with E-state index in [0.29, 0.717) is 48.9 Å². The lowest BCUT2D eigenvalue weighted by Crippen LogP contribution is -2.49. The van der Waals surface area contributed by atoms with Crippen molar-refractivity contribution in [1.82, 2.24) is 9.80 Å². The molecule has 0 atom stereocenters. The molecule has 2 heterocycles. The maximum atomic E-state index is 13.9. The van der Waals surface area contributed by atoms with Gasteiger partial charge in [0.1, 0.15) is 5.82 Å². The summed E-state index contributed by atoms with van der Waals surface area (Å²) in [6.45, 7) is 3.90. The van der Waals surface area contributed by atoms with Crippen LogP contribution in [0.2, 0.25) is 5.02 Å². The predicted octanol–water partition coefficient (Wildman–Crippen LogP) is 2.88. The van der Waals surface area contributed by atoms with E-state index in [2.05, 4.69) is 0 Å². The molecular formula is C19H20ClFN2O4. The van der Waals surface area contributed by atoms with E-state index in [1.54, 1.807) is 30.0 Å². The van der Waals surface area contributed by atoms with E-state index in [-0.39, 0.29) is 24.1 Å². The number of esters is 1. The Labute approximate surface area is 161 Å². The lowest BCUT2D eigenvalue weighted by molar-refractivity contribution is -0.136. The number of hydrogen-bond acceptors (Lipinski definition) is 5. The number of furan rings is 1. The molecule has 1 aliphatic rings. The van der Waals surface area contributed by atoms with Gasteiger partial charge < -0.3 is 14.1 Å². The fourth-order valence-electron chi connectivity index (χ4n) is 2.93. The molecule has 0 aliphatic carbocycles. The molecule has 1 amide bonds. The van der Waals surface area contributed by atoms with Gasteiger partial charge in [0.05, 0.1) is 6.26 Å². The van der Waals surface area contributed by atoms with Crippen molar-refractivity contribution >= 4 is 23.5 Å². The van der Waals surface area contributed by atoms with Crippen LogP contribution in [0.15, 0.2) is 34.9 Å². The normalized spacial score (nSPS) is 15.0. The van der Waals surface area contributed by atoms with E-state index in [4.69, 9.17) is 20.8 Å². The summed E-state index contributed by atoms with van der Waals surface area (Å²) in [6, 6.07) is 6.27. The second-order valence-electron chi connectivity index (χ2n) is 6.37. The largest absolute Gasteiger partial charge is 0.457 e. The summed E-state index contributed by atoms with van der Waals surface area (Å²) in [7, 11) is 0. The molecule has 0 spiro atoms. The lowest BCUT2D eigenvalue weighted by Gasteiger charge is -2.34. The zero-order valence-electron chi connectivity index (χ0n) is 14.9. The minimum absolute atomic E-state index is 0.106. The molecule has 1 aliphatic heterocycles. The van der Waals surface area contributed by atoms with Gasteiger partial charge in [0.25, 0.3) is 5.91 Å². The number of carbonyl (C=O) groups excluding carboxylic acids is 2. The van der Waals surface area contributed by atoms with Crippen LogP contribution in [0.3, 0.4) is 0 Å². The Kier molecular flexibility index (Phi) is 6.13.